The summed E-state index contributed by atoms with van der Waals surface area (Å²) >= 11 is 5.80. The van der Waals surface area contributed by atoms with E-state index < -0.39 is 32.7 Å². The summed E-state index contributed by atoms with van der Waals surface area (Å²) in [5.74, 6) is -2.26. The highest BCUT2D eigenvalue weighted by Gasteiger charge is 2.44. The van der Waals surface area contributed by atoms with Crippen LogP contribution in [0, 0.1) is 0 Å². The van der Waals surface area contributed by atoms with Gasteiger partial charge in [-0.2, -0.15) is 0 Å². The summed E-state index contributed by atoms with van der Waals surface area (Å²) in [4.78, 5) is 38.1. The maximum atomic E-state index is 13.0. The molecule has 0 bridgehead atoms. The molecule has 7 nitrogen and oxygen atoms in total. The maximum absolute atomic E-state index is 13.0. The van der Waals surface area contributed by atoms with Crippen molar-refractivity contribution >= 4 is 50.4 Å². The van der Waals surface area contributed by atoms with Crippen molar-refractivity contribution in [1.82, 2.24) is 0 Å². The second kappa shape index (κ2) is 8.80. The average molecular weight is 483 g/mol. The van der Waals surface area contributed by atoms with Gasteiger partial charge in [0.1, 0.15) is 0 Å². The molecule has 1 atom stereocenters. The van der Waals surface area contributed by atoms with Crippen molar-refractivity contribution in [3.63, 3.8) is 0 Å². The van der Waals surface area contributed by atoms with Gasteiger partial charge in [0.05, 0.1) is 10.6 Å². The molecule has 0 aromatic heterocycles. The van der Waals surface area contributed by atoms with Gasteiger partial charge >= 0.3 is 0 Å². The van der Waals surface area contributed by atoms with Gasteiger partial charge in [-0.15, -0.1) is 0 Å². The molecule has 0 saturated heterocycles. The number of amides is 2. The minimum atomic E-state index is -4.29. The number of nitrogens with one attached hydrogen (secondary N) is 2. The van der Waals surface area contributed by atoms with E-state index in [9.17, 15) is 22.8 Å². The van der Waals surface area contributed by atoms with Crippen LogP contribution < -0.4 is 10.6 Å². The molecule has 3 aromatic carbocycles. The molecule has 2 amide bonds. The topological polar surface area (TPSA) is 109 Å². The first-order chi connectivity index (χ1) is 15.7. The Kier molecular flexibility index (Phi) is 6.05. The predicted octanol–water partition coefficient (Wildman–Crippen LogP) is 4.13. The van der Waals surface area contributed by atoms with E-state index >= 15 is 0 Å². The predicted molar refractivity (Wildman–Crippen MR) is 126 cm³/mol. The van der Waals surface area contributed by atoms with E-state index in [4.69, 9.17) is 11.6 Å². The van der Waals surface area contributed by atoms with Crippen LogP contribution in [0.4, 0.5) is 11.4 Å². The normalized spacial score (nSPS) is 15.5. The standard InChI is InChI=1S/C24H19ClN2O5S/c1-2-14-3-8-17(9-4-14)26-23(29)15-5-12-19-20(13-15)27-24(30)22(21(19)28)33(31,32)18-10-6-16(25)7-11-18/h3-13,22H,2H2,1H3,(H,26,29)(H,27,30). The quantitative estimate of drug-likeness (QED) is 0.531. The number of fused-ring (bicyclic) bond motifs is 1. The molecule has 2 N–H and O–H groups in total. The summed E-state index contributed by atoms with van der Waals surface area (Å²) in [6.45, 7) is 2.03. The van der Waals surface area contributed by atoms with Gasteiger partial charge in [0.25, 0.3) is 11.8 Å². The van der Waals surface area contributed by atoms with Crippen LogP contribution >= 0.6 is 11.6 Å². The lowest BCUT2D eigenvalue weighted by Gasteiger charge is -2.24. The fourth-order valence-electron chi connectivity index (χ4n) is 3.53. The molecule has 0 radical (unpaired) electrons. The molecule has 3 aromatic rings. The molecule has 1 heterocycles. The van der Waals surface area contributed by atoms with E-state index in [1.54, 1.807) is 12.1 Å². The molecular weight excluding hydrogens is 464 g/mol. The molecule has 1 aliphatic heterocycles. The zero-order valence-corrected chi connectivity index (χ0v) is 19.0. The van der Waals surface area contributed by atoms with Gasteiger partial charge in [-0.1, -0.05) is 30.7 Å². The monoisotopic (exact) mass is 482 g/mol. The van der Waals surface area contributed by atoms with E-state index in [1.807, 2.05) is 19.1 Å². The Morgan fingerprint density at radius 2 is 1.67 bits per heavy atom. The lowest BCUT2D eigenvalue weighted by atomic mass is 9.99. The van der Waals surface area contributed by atoms with E-state index in [0.717, 1.165) is 12.0 Å². The summed E-state index contributed by atoms with van der Waals surface area (Å²) in [5, 5.41) is 3.61. The molecule has 0 spiro atoms. The first kappa shape index (κ1) is 22.7. The van der Waals surface area contributed by atoms with Gasteiger partial charge in [0, 0.05) is 21.8 Å². The summed E-state index contributed by atoms with van der Waals surface area (Å²) in [6, 6.07) is 16.7. The molecular formula is C24H19ClN2O5S. The smallest absolute Gasteiger partial charge is 0.255 e. The molecule has 1 aliphatic rings. The van der Waals surface area contributed by atoms with Crippen molar-refractivity contribution in [2.75, 3.05) is 10.6 Å². The van der Waals surface area contributed by atoms with Gasteiger partial charge in [-0.3, -0.25) is 14.4 Å². The third-order valence-electron chi connectivity index (χ3n) is 5.35. The number of carbonyl (C=O) groups is 3. The molecule has 33 heavy (non-hydrogen) atoms. The van der Waals surface area contributed by atoms with Gasteiger partial charge in [0.15, 0.2) is 15.6 Å². The number of hydrogen-bond donors (Lipinski definition) is 2. The Bertz CT molecular complexity index is 1370. The number of halogens is 1. The Labute approximate surface area is 195 Å². The lowest BCUT2D eigenvalue weighted by molar-refractivity contribution is -0.115. The third-order valence-corrected chi connectivity index (χ3v) is 7.58. The number of ketones is 1. The number of anilines is 2. The summed E-state index contributed by atoms with van der Waals surface area (Å²) < 4.78 is 25.9. The summed E-state index contributed by atoms with van der Waals surface area (Å²) in [6.07, 6.45) is 0.876. The zero-order chi connectivity index (χ0) is 23.8. The van der Waals surface area contributed by atoms with Crippen LogP contribution in [0.15, 0.2) is 71.6 Å². The Morgan fingerprint density at radius 3 is 2.30 bits per heavy atom. The van der Waals surface area contributed by atoms with Crippen LogP contribution in [0.2, 0.25) is 5.02 Å². The van der Waals surface area contributed by atoms with E-state index in [0.29, 0.717) is 10.7 Å². The molecule has 4 rings (SSSR count). The third kappa shape index (κ3) is 4.40. The van der Waals surface area contributed by atoms with Crippen molar-refractivity contribution < 1.29 is 22.8 Å². The number of aryl methyl sites for hydroxylation is 1. The van der Waals surface area contributed by atoms with Gasteiger partial charge in [-0.25, -0.2) is 8.42 Å². The lowest BCUT2D eigenvalue weighted by Crippen LogP contribution is -2.45. The molecule has 0 aliphatic carbocycles. The van der Waals surface area contributed by atoms with Crippen LogP contribution in [-0.4, -0.2) is 31.3 Å². The van der Waals surface area contributed by atoms with Crippen LogP contribution in [-0.2, 0) is 21.1 Å². The first-order valence-corrected chi connectivity index (χ1v) is 12.0. The Morgan fingerprint density at radius 1 is 1.00 bits per heavy atom. The SMILES string of the molecule is CCc1ccc(NC(=O)c2ccc3c(c2)NC(=O)C(S(=O)(=O)c2ccc(Cl)cc2)C3=O)cc1. The van der Waals surface area contributed by atoms with Crippen LogP contribution in [0.5, 0.6) is 0 Å². The van der Waals surface area contributed by atoms with Gasteiger partial charge in [-0.05, 0) is 66.6 Å². The Balaban J connectivity index is 1.60. The Hall–Kier alpha value is -3.49. The number of hydrogen-bond acceptors (Lipinski definition) is 5. The molecule has 168 valence electrons. The average Bonchev–Trinajstić information content (AvgIpc) is 2.79. The van der Waals surface area contributed by atoms with Crippen molar-refractivity contribution in [1.29, 1.82) is 0 Å². The van der Waals surface area contributed by atoms with E-state index in [-0.39, 0.29) is 21.7 Å². The number of Topliss-reactive ketones (excluding diaryl/α,β-unsaturated/α-hetero) is 1. The van der Waals surface area contributed by atoms with E-state index in [2.05, 4.69) is 10.6 Å². The van der Waals surface area contributed by atoms with Crippen molar-refractivity contribution in [3.05, 3.63) is 88.4 Å². The minimum absolute atomic E-state index is 0.0148. The zero-order valence-electron chi connectivity index (χ0n) is 17.5. The fourth-order valence-corrected chi connectivity index (χ4v) is 5.19. The molecule has 9 heteroatoms. The van der Waals surface area contributed by atoms with Gasteiger partial charge < -0.3 is 10.6 Å². The van der Waals surface area contributed by atoms with Crippen molar-refractivity contribution in [3.8, 4) is 0 Å². The highest BCUT2D eigenvalue weighted by atomic mass is 35.5. The van der Waals surface area contributed by atoms with Crippen LogP contribution in [0.3, 0.4) is 0 Å². The fraction of sp³-hybridized carbons (Fsp3) is 0.125. The second-order valence-electron chi connectivity index (χ2n) is 7.50. The summed E-state index contributed by atoms with van der Waals surface area (Å²) in [5.41, 5.74) is 2.04. The molecule has 1 unspecified atom stereocenters. The second-order valence-corrected chi connectivity index (χ2v) is 9.97. The minimum Gasteiger partial charge on any atom is -0.324 e. The number of carbonyl (C=O) groups excluding carboxylic acids is 3. The van der Waals surface area contributed by atoms with Crippen molar-refractivity contribution in [2.45, 2.75) is 23.5 Å². The number of rotatable bonds is 5. The molecule has 0 fully saturated rings. The van der Waals surface area contributed by atoms with E-state index in [1.165, 1.54) is 42.5 Å². The number of benzene rings is 3. The highest BCUT2D eigenvalue weighted by Crippen LogP contribution is 2.30. The van der Waals surface area contributed by atoms with Crippen molar-refractivity contribution in [2.24, 2.45) is 0 Å². The van der Waals surface area contributed by atoms with Crippen LogP contribution in [0.1, 0.15) is 33.2 Å². The first-order valence-electron chi connectivity index (χ1n) is 10.1. The highest BCUT2D eigenvalue weighted by molar-refractivity contribution is 7.93. The maximum Gasteiger partial charge on any atom is 0.255 e. The van der Waals surface area contributed by atoms with Crippen LogP contribution in [0.25, 0.3) is 0 Å². The summed E-state index contributed by atoms with van der Waals surface area (Å²) in [7, 11) is -4.29. The van der Waals surface area contributed by atoms with Gasteiger partial charge in [0.2, 0.25) is 5.25 Å². The number of sulfone groups is 1. The largest absolute Gasteiger partial charge is 0.324 e. The molecule has 0 saturated carbocycles.